The number of Topliss-reactive ketones (excluding diaryl/α,β-unsaturated/α-hetero) is 1. The number of allylic oxidation sites excluding steroid dienone is 1. The van der Waals surface area contributed by atoms with Crippen molar-refractivity contribution in [2.24, 2.45) is 0 Å². The van der Waals surface area contributed by atoms with Crippen LogP contribution >= 0.6 is 34.9 Å². The van der Waals surface area contributed by atoms with E-state index in [1.807, 2.05) is 11.4 Å². The van der Waals surface area contributed by atoms with Gasteiger partial charge in [0.2, 0.25) is 5.78 Å². The molecule has 1 aliphatic heterocycles. The molecule has 0 spiro atoms. The minimum Gasteiger partial charge on any atom is -0.287 e. The summed E-state index contributed by atoms with van der Waals surface area (Å²) in [5.74, 6) is 1.88. The van der Waals surface area contributed by atoms with Gasteiger partial charge in [-0.05, 0) is 29.4 Å². The molecule has 5 heteroatoms. The second-order valence-electron chi connectivity index (χ2n) is 3.13. The van der Waals surface area contributed by atoms with E-state index in [1.54, 1.807) is 29.6 Å². The zero-order chi connectivity index (χ0) is 11.4. The fourth-order valence-corrected chi connectivity index (χ4v) is 4.49. The van der Waals surface area contributed by atoms with Gasteiger partial charge < -0.3 is 0 Å². The van der Waals surface area contributed by atoms with Gasteiger partial charge in [-0.15, -0.1) is 34.9 Å². The first-order chi connectivity index (χ1) is 7.83. The number of rotatable bonds is 2. The smallest absolute Gasteiger partial charge is 0.215 e. The van der Waals surface area contributed by atoms with Gasteiger partial charge in [-0.3, -0.25) is 4.79 Å². The van der Waals surface area contributed by atoms with Gasteiger partial charge in [0, 0.05) is 0 Å². The summed E-state index contributed by atoms with van der Waals surface area (Å²) in [6, 6.07) is 5.65. The van der Waals surface area contributed by atoms with Crippen molar-refractivity contribution in [2.75, 3.05) is 11.5 Å². The molecular weight excluding hydrogens is 258 g/mol. The second-order valence-corrected chi connectivity index (χ2v) is 6.55. The fraction of sp³-hybridized carbons (Fsp3) is 0.273. The number of thioether (sulfide) groups is 2. The fourth-order valence-electron chi connectivity index (χ4n) is 1.29. The molecular formula is C11H9NOS3. The molecule has 0 N–H and O–H groups in total. The molecule has 0 amide bonds. The van der Waals surface area contributed by atoms with E-state index in [0.29, 0.717) is 10.5 Å². The van der Waals surface area contributed by atoms with Crippen LogP contribution in [0.3, 0.4) is 0 Å². The third kappa shape index (κ3) is 2.51. The van der Waals surface area contributed by atoms with Crippen LogP contribution in [0.1, 0.15) is 16.1 Å². The highest BCUT2D eigenvalue weighted by Crippen LogP contribution is 2.38. The summed E-state index contributed by atoms with van der Waals surface area (Å²) < 4.78 is 0.896. The van der Waals surface area contributed by atoms with Crippen molar-refractivity contribution in [3.8, 4) is 6.07 Å². The van der Waals surface area contributed by atoms with Crippen molar-refractivity contribution in [2.45, 2.75) is 6.42 Å². The van der Waals surface area contributed by atoms with Crippen LogP contribution in [0.25, 0.3) is 0 Å². The van der Waals surface area contributed by atoms with Crippen LogP contribution in [-0.4, -0.2) is 17.3 Å². The Labute approximate surface area is 107 Å². The highest BCUT2D eigenvalue weighted by atomic mass is 32.2. The molecule has 0 radical (unpaired) electrons. The Morgan fingerprint density at radius 1 is 1.38 bits per heavy atom. The van der Waals surface area contributed by atoms with Crippen molar-refractivity contribution in [1.29, 1.82) is 5.26 Å². The first-order valence-corrected chi connectivity index (χ1v) is 7.66. The minimum atomic E-state index is -0.130. The number of thiophene rings is 1. The van der Waals surface area contributed by atoms with Gasteiger partial charge in [0.05, 0.1) is 9.11 Å². The Morgan fingerprint density at radius 3 is 2.69 bits per heavy atom. The molecule has 1 aromatic heterocycles. The molecule has 2 heterocycles. The number of hydrogen-bond donors (Lipinski definition) is 0. The van der Waals surface area contributed by atoms with Gasteiger partial charge in [-0.25, -0.2) is 0 Å². The molecule has 0 aliphatic carbocycles. The van der Waals surface area contributed by atoms with Gasteiger partial charge in [-0.2, -0.15) is 5.26 Å². The molecule has 0 aromatic carbocycles. The summed E-state index contributed by atoms with van der Waals surface area (Å²) in [6.45, 7) is 0. The summed E-state index contributed by atoms with van der Waals surface area (Å²) in [7, 11) is 0. The third-order valence-corrected chi connectivity index (χ3v) is 5.54. The van der Waals surface area contributed by atoms with E-state index in [-0.39, 0.29) is 5.78 Å². The molecule has 2 rings (SSSR count). The maximum atomic E-state index is 12.0. The Balaban J connectivity index is 2.29. The van der Waals surface area contributed by atoms with E-state index in [0.717, 1.165) is 22.2 Å². The molecule has 0 bridgehead atoms. The van der Waals surface area contributed by atoms with Gasteiger partial charge in [0.1, 0.15) is 11.6 Å². The Hall–Kier alpha value is -0.700. The summed E-state index contributed by atoms with van der Waals surface area (Å²) in [5, 5.41) is 11.0. The zero-order valence-corrected chi connectivity index (χ0v) is 10.9. The third-order valence-electron chi connectivity index (χ3n) is 2.04. The number of nitriles is 1. The van der Waals surface area contributed by atoms with E-state index < -0.39 is 0 Å². The number of hydrogen-bond acceptors (Lipinski definition) is 5. The van der Waals surface area contributed by atoms with Crippen LogP contribution in [0.15, 0.2) is 27.3 Å². The lowest BCUT2D eigenvalue weighted by molar-refractivity contribution is 0.104. The number of carbonyl (C=O) groups is 1. The van der Waals surface area contributed by atoms with Crippen LogP contribution in [-0.2, 0) is 0 Å². The standard InChI is InChI=1S/C11H9NOS3/c12-7-8(11-15-5-2-6-16-11)10(13)9-3-1-4-14-9/h1,3-4H,2,5-6H2. The van der Waals surface area contributed by atoms with Gasteiger partial charge in [0.25, 0.3) is 0 Å². The first-order valence-electron chi connectivity index (χ1n) is 4.81. The predicted molar refractivity (Wildman–Crippen MR) is 70.8 cm³/mol. The van der Waals surface area contributed by atoms with Crippen molar-refractivity contribution in [1.82, 2.24) is 0 Å². The van der Waals surface area contributed by atoms with Crippen LogP contribution < -0.4 is 0 Å². The molecule has 1 aromatic rings. The molecule has 82 valence electrons. The monoisotopic (exact) mass is 267 g/mol. The average Bonchev–Trinajstić information content (AvgIpc) is 2.85. The van der Waals surface area contributed by atoms with E-state index in [2.05, 4.69) is 6.07 Å². The maximum Gasteiger partial charge on any atom is 0.215 e. The Morgan fingerprint density at radius 2 is 2.12 bits per heavy atom. The number of nitrogens with zero attached hydrogens (tertiary/aromatic N) is 1. The lowest BCUT2D eigenvalue weighted by Crippen LogP contribution is -2.04. The molecule has 0 atom stereocenters. The summed E-state index contributed by atoms with van der Waals surface area (Å²) in [4.78, 5) is 12.7. The van der Waals surface area contributed by atoms with Crippen molar-refractivity contribution in [3.63, 3.8) is 0 Å². The lowest BCUT2D eigenvalue weighted by Gasteiger charge is -2.13. The summed E-state index contributed by atoms with van der Waals surface area (Å²) in [6.07, 6.45) is 1.14. The molecule has 1 aliphatic rings. The van der Waals surface area contributed by atoms with Crippen LogP contribution in [0.2, 0.25) is 0 Å². The topological polar surface area (TPSA) is 40.9 Å². The van der Waals surface area contributed by atoms with Gasteiger partial charge in [-0.1, -0.05) is 6.07 Å². The van der Waals surface area contributed by atoms with Gasteiger partial charge >= 0.3 is 0 Å². The second kappa shape index (κ2) is 5.58. The number of carbonyl (C=O) groups excluding carboxylic acids is 1. The highest BCUT2D eigenvalue weighted by molar-refractivity contribution is 8.22. The molecule has 1 fully saturated rings. The van der Waals surface area contributed by atoms with E-state index >= 15 is 0 Å². The van der Waals surface area contributed by atoms with Crippen molar-refractivity contribution in [3.05, 3.63) is 32.2 Å². The molecule has 1 saturated heterocycles. The van der Waals surface area contributed by atoms with E-state index in [9.17, 15) is 4.79 Å². The van der Waals surface area contributed by atoms with Crippen LogP contribution in [0, 0.1) is 11.3 Å². The quantitative estimate of drug-likeness (QED) is 0.467. The zero-order valence-electron chi connectivity index (χ0n) is 8.43. The highest BCUT2D eigenvalue weighted by Gasteiger charge is 2.20. The summed E-state index contributed by atoms with van der Waals surface area (Å²) in [5.41, 5.74) is 0.317. The van der Waals surface area contributed by atoms with Crippen LogP contribution in [0.4, 0.5) is 0 Å². The normalized spacial score (nSPS) is 15.6. The van der Waals surface area contributed by atoms with Crippen molar-refractivity contribution < 1.29 is 4.79 Å². The first kappa shape index (κ1) is 11.8. The van der Waals surface area contributed by atoms with Crippen LogP contribution in [0.5, 0.6) is 0 Å². The average molecular weight is 267 g/mol. The van der Waals surface area contributed by atoms with Crippen molar-refractivity contribution >= 4 is 40.6 Å². The molecule has 0 saturated carbocycles. The molecule has 16 heavy (non-hydrogen) atoms. The van der Waals surface area contributed by atoms with E-state index in [4.69, 9.17) is 5.26 Å². The molecule has 0 unspecified atom stereocenters. The summed E-state index contributed by atoms with van der Waals surface area (Å²) >= 11 is 4.64. The number of ketones is 1. The Kier molecular flexibility index (Phi) is 4.10. The van der Waals surface area contributed by atoms with Gasteiger partial charge in [0.15, 0.2) is 0 Å². The minimum absolute atomic E-state index is 0.130. The maximum absolute atomic E-state index is 12.0. The molecule has 2 nitrogen and oxygen atoms in total. The van der Waals surface area contributed by atoms with E-state index in [1.165, 1.54) is 11.3 Å². The Bertz CT molecular complexity index is 448. The lowest BCUT2D eigenvalue weighted by atomic mass is 10.2. The SMILES string of the molecule is N#CC(C(=O)c1cccs1)=C1SCCCS1. The predicted octanol–water partition coefficient (Wildman–Crippen LogP) is 3.54. The largest absolute Gasteiger partial charge is 0.287 e.